The SMILES string of the molecule is CCn1cc(Oc2nc3c(cc2C#N)CCCC3)cn1. The molecule has 0 N–H and O–H groups in total. The summed E-state index contributed by atoms with van der Waals surface area (Å²) in [7, 11) is 0. The van der Waals surface area contributed by atoms with Gasteiger partial charge in [-0.3, -0.25) is 4.68 Å². The summed E-state index contributed by atoms with van der Waals surface area (Å²) in [5.74, 6) is 1.01. The van der Waals surface area contributed by atoms with Gasteiger partial charge in [0.15, 0.2) is 5.75 Å². The molecule has 1 aliphatic rings. The lowest BCUT2D eigenvalue weighted by atomic mass is 9.95. The van der Waals surface area contributed by atoms with E-state index in [9.17, 15) is 5.26 Å². The maximum Gasteiger partial charge on any atom is 0.237 e. The largest absolute Gasteiger partial charge is 0.434 e. The number of ether oxygens (including phenoxy) is 1. The minimum absolute atomic E-state index is 0.392. The van der Waals surface area contributed by atoms with Crippen LogP contribution < -0.4 is 4.74 Å². The molecule has 0 saturated heterocycles. The molecule has 20 heavy (non-hydrogen) atoms. The third kappa shape index (κ3) is 2.37. The average molecular weight is 268 g/mol. The van der Waals surface area contributed by atoms with Crippen molar-refractivity contribution in [3.8, 4) is 17.7 Å². The van der Waals surface area contributed by atoms with Gasteiger partial charge in [-0.05, 0) is 44.2 Å². The van der Waals surface area contributed by atoms with Crippen molar-refractivity contribution in [2.45, 2.75) is 39.2 Å². The van der Waals surface area contributed by atoms with Gasteiger partial charge in [0.25, 0.3) is 0 Å². The Labute approximate surface area is 117 Å². The lowest BCUT2D eigenvalue weighted by molar-refractivity contribution is 0.455. The van der Waals surface area contributed by atoms with Gasteiger partial charge in [-0.2, -0.15) is 10.4 Å². The van der Waals surface area contributed by atoms with E-state index in [4.69, 9.17) is 4.74 Å². The Kier molecular flexibility index (Phi) is 3.38. The van der Waals surface area contributed by atoms with E-state index >= 15 is 0 Å². The molecule has 5 heteroatoms. The summed E-state index contributed by atoms with van der Waals surface area (Å²) in [5.41, 5.74) is 2.74. The zero-order valence-electron chi connectivity index (χ0n) is 11.5. The van der Waals surface area contributed by atoms with Crippen LogP contribution in [0.25, 0.3) is 0 Å². The van der Waals surface area contributed by atoms with Crippen LogP contribution in [0.1, 0.15) is 36.6 Å². The van der Waals surface area contributed by atoms with Gasteiger partial charge in [-0.15, -0.1) is 0 Å². The number of rotatable bonds is 3. The normalized spacial score (nSPS) is 13.6. The van der Waals surface area contributed by atoms with Crippen LogP contribution >= 0.6 is 0 Å². The Morgan fingerprint density at radius 1 is 1.40 bits per heavy atom. The standard InChI is InChI=1S/C15H16N4O/c1-2-19-10-13(9-17-19)20-15-12(8-16)7-11-5-3-4-6-14(11)18-15/h7,9-10H,2-6H2,1H3. The summed E-state index contributed by atoms with van der Waals surface area (Å²) in [4.78, 5) is 4.53. The number of hydrogen-bond donors (Lipinski definition) is 0. The quantitative estimate of drug-likeness (QED) is 0.858. The lowest BCUT2D eigenvalue weighted by Crippen LogP contribution is -2.07. The van der Waals surface area contributed by atoms with E-state index in [1.165, 1.54) is 12.0 Å². The number of nitriles is 1. The highest BCUT2D eigenvalue weighted by Crippen LogP contribution is 2.28. The summed E-state index contributed by atoms with van der Waals surface area (Å²) in [6.07, 6.45) is 7.74. The molecule has 102 valence electrons. The predicted octanol–water partition coefficient (Wildman–Crippen LogP) is 2.84. The van der Waals surface area contributed by atoms with Crippen molar-refractivity contribution >= 4 is 0 Å². The Morgan fingerprint density at radius 3 is 3.00 bits per heavy atom. The molecule has 0 amide bonds. The number of pyridine rings is 1. The Bertz CT molecular complexity index is 669. The van der Waals surface area contributed by atoms with Gasteiger partial charge >= 0.3 is 0 Å². The van der Waals surface area contributed by atoms with Crippen LogP contribution in [0.3, 0.4) is 0 Å². The summed E-state index contributed by atoms with van der Waals surface area (Å²) in [6, 6.07) is 4.09. The summed E-state index contributed by atoms with van der Waals surface area (Å²) >= 11 is 0. The molecule has 0 aliphatic heterocycles. The second-order valence-electron chi connectivity index (χ2n) is 4.90. The summed E-state index contributed by atoms with van der Waals surface area (Å²) in [6.45, 7) is 2.79. The molecule has 1 aliphatic carbocycles. The zero-order valence-corrected chi connectivity index (χ0v) is 11.5. The Hall–Kier alpha value is -2.35. The molecule has 5 nitrogen and oxygen atoms in total. The minimum atomic E-state index is 0.392. The van der Waals surface area contributed by atoms with Crippen LogP contribution in [0.15, 0.2) is 18.5 Å². The first-order valence-corrected chi connectivity index (χ1v) is 6.93. The van der Waals surface area contributed by atoms with E-state index in [0.29, 0.717) is 17.2 Å². The number of aromatic nitrogens is 3. The maximum absolute atomic E-state index is 9.26. The molecule has 0 radical (unpaired) electrons. The van der Waals surface area contributed by atoms with Crippen LogP contribution in [0, 0.1) is 11.3 Å². The van der Waals surface area contributed by atoms with Crippen molar-refractivity contribution in [3.05, 3.63) is 35.3 Å². The summed E-state index contributed by atoms with van der Waals surface area (Å²) in [5, 5.41) is 13.4. The lowest BCUT2D eigenvalue weighted by Gasteiger charge is -2.16. The van der Waals surface area contributed by atoms with Gasteiger partial charge in [0, 0.05) is 12.2 Å². The fourth-order valence-electron chi connectivity index (χ4n) is 2.45. The van der Waals surface area contributed by atoms with E-state index in [2.05, 4.69) is 16.2 Å². The van der Waals surface area contributed by atoms with Crippen molar-refractivity contribution in [2.75, 3.05) is 0 Å². The van der Waals surface area contributed by atoms with E-state index in [0.717, 1.165) is 31.5 Å². The second kappa shape index (κ2) is 5.33. The van der Waals surface area contributed by atoms with Crippen molar-refractivity contribution in [1.29, 1.82) is 5.26 Å². The third-order valence-electron chi connectivity index (χ3n) is 3.53. The molecular weight excluding hydrogens is 252 g/mol. The molecule has 3 rings (SSSR count). The van der Waals surface area contributed by atoms with E-state index in [-0.39, 0.29) is 0 Å². The highest BCUT2D eigenvalue weighted by Gasteiger charge is 2.16. The molecule has 2 aromatic rings. The predicted molar refractivity (Wildman–Crippen MR) is 73.6 cm³/mol. The highest BCUT2D eigenvalue weighted by atomic mass is 16.5. The van der Waals surface area contributed by atoms with Crippen molar-refractivity contribution < 1.29 is 4.74 Å². The first-order chi connectivity index (χ1) is 9.80. The molecule has 0 bridgehead atoms. The van der Waals surface area contributed by atoms with E-state index < -0.39 is 0 Å². The van der Waals surface area contributed by atoms with Crippen molar-refractivity contribution in [3.63, 3.8) is 0 Å². The molecule has 0 unspecified atom stereocenters. The van der Waals surface area contributed by atoms with Gasteiger partial charge in [0.05, 0.1) is 12.4 Å². The number of aryl methyl sites for hydroxylation is 3. The van der Waals surface area contributed by atoms with Crippen LogP contribution in [0.5, 0.6) is 11.6 Å². The molecule has 0 spiro atoms. The Balaban J connectivity index is 1.93. The maximum atomic E-state index is 9.26. The van der Waals surface area contributed by atoms with Gasteiger partial charge in [-0.25, -0.2) is 4.98 Å². The first kappa shape index (κ1) is 12.7. The van der Waals surface area contributed by atoms with Crippen LogP contribution in [0.2, 0.25) is 0 Å². The van der Waals surface area contributed by atoms with Crippen LogP contribution in [0.4, 0.5) is 0 Å². The number of nitrogens with zero attached hydrogens (tertiary/aromatic N) is 4. The number of fused-ring (bicyclic) bond motifs is 1. The molecule has 0 fully saturated rings. The smallest absolute Gasteiger partial charge is 0.237 e. The average Bonchev–Trinajstić information content (AvgIpc) is 2.94. The Morgan fingerprint density at radius 2 is 2.25 bits per heavy atom. The van der Waals surface area contributed by atoms with Crippen LogP contribution in [-0.4, -0.2) is 14.8 Å². The van der Waals surface area contributed by atoms with Gasteiger partial charge in [0.1, 0.15) is 11.6 Å². The molecule has 2 heterocycles. The second-order valence-corrected chi connectivity index (χ2v) is 4.90. The molecule has 0 saturated carbocycles. The van der Waals surface area contributed by atoms with Gasteiger partial charge in [-0.1, -0.05) is 0 Å². The molecule has 2 aromatic heterocycles. The fraction of sp³-hybridized carbons (Fsp3) is 0.400. The monoisotopic (exact) mass is 268 g/mol. The summed E-state index contributed by atoms with van der Waals surface area (Å²) < 4.78 is 7.51. The first-order valence-electron chi connectivity index (χ1n) is 6.93. The minimum Gasteiger partial charge on any atom is -0.434 e. The molecule has 0 atom stereocenters. The zero-order chi connectivity index (χ0) is 13.9. The number of hydrogen-bond acceptors (Lipinski definition) is 4. The van der Waals surface area contributed by atoms with E-state index in [1.54, 1.807) is 10.9 Å². The van der Waals surface area contributed by atoms with Gasteiger partial charge in [0.2, 0.25) is 5.88 Å². The van der Waals surface area contributed by atoms with Crippen LogP contribution in [-0.2, 0) is 19.4 Å². The van der Waals surface area contributed by atoms with Gasteiger partial charge < -0.3 is 4.74 Å². The third-order valence-corrected chi connectivity index (χ3v) is 3.53. The van der Waals surface area contributed by atoms with Crippen molar-refractivity contribution in [2.24, 2.45) is 0 Å². The van der Waals surface area contributed by atoms with E-state index in [1.807, 2.05) is 19.2 Å². The topological polar surface area (TPSA) is 63.7 Å². The molecule has 0 aromatic carbocycles. The van der Waals surface area contributed by atoms with Crippen molar-refractivity contribution in [1.82, 2.24) is 14.8 Å². The molecular formula is C15H16N4O. The fourth-order valence-corrected chi connectivity index (χ4v) is 2.45. The highest BCUT2D eigenvalue weighted by molar-refractivity contribution is 5.44.